The van der Waals surface area contributed by atoms with Crippen molar-refractivity contribution >= 4 is 21.6 Å². The van der Waals surface area contributed by atoms with Gasteiger partial charge < -0.3 is 10.1 Å². The van der Waals surface area contributed by atoms with Crippen molar-refractivity contribution in [1.82, 2.24) is 5.32 Å². The highest BCUT2D eigenvalue weighted by atomic mass is 32.2. The van der Waals surface area contributed by atoms with Crippen LogP contribution in [0.3, 0.4) is 0 Å². The first-order valence-electron chi connectivity index (χ1n) is 10.1. The molecule has 1 amide bonds. The lowest BCUT2D eigenvalue weighted by Crippen LogP contribution is -2.52. The quantitative estimate of drug-likeness (QED) is 0.655. The van der Waals surface area contributed by atoms with Crippen molar-refractivity contribution in [3.05, 3.63) is 59.2 Å². The number of benzene rings is 2. The molecule has 1 N–H and O–H groups in total. The van der Waals surface area contributed by atoms with Gasteiger partial charge in [0.2, 0.25) is 15.9 Å². The monoisotopic (exact) mass is 432 g/mol. The fourth-order valence-corrected chi connectivity index (χ4v) is 4.49. The predicted octanol–water partition coefficient (Wildman–Crippen LogP) is 3.74. The van der Waals surface area contributed by atoms with Crippen molar-refractivity contribution in [1.29, 1.82) is 0 Å². The van der Waals surface area contributed by atoms with Crippen molar-refractivity contribution < 1.29 is 17.9 Å². The van der Waals surface area contributed by atoms with E-state index >= 15 is 0 Å². The van der Waals surface area contributed by atoms with Crippen LogP contribution in [0.15, 0.2) is 42.5 Å². The summed E-state index contributed by atoms with van der Waals surface area (Å²) in [5, 5.41) is 2.90. The third-order valence-corrected chi connectivity index (χ3v) is 6.01. The Labute approximate surface area is 180 Å². The number of carbonyl (C=O) groups is 1. The van der Waals surface area contributed by atoms with E-state index < -0.39 is 16.1 Å². The summed E-state index contributed by atoms with van der Waals surface area (Å²) >= 11 is 0. The molecule has 0 saturated heterocycles. The second-order valence-electron chi connectivity index (χ2n) is 7.81. The zero-order valence-electron chi connectivity index (χ0n) is 18.6. The minimum atomic E-state index is -3.67. The van der Waals surface area contributed by atoms with Gasteiger partial charge in [0.25, 0.3) is 0 Å². The molecule has 164 valence electrons. The van der Waals surface area contributed by atoms with Crippen molar-refractivity contribution in [2.45, 2.75) is 53.1 Å². The molecule has 2 aromatic carbocycles. The summed E-state index contributed by atoms with van der Waals surface area (Å²) in [6.45, 7) is 9.67. The lowest BCUT2D eigenvalue weighted by molar-refractivity contribution is -0.123. The van der Waals surface area contributed by atoms with Gasteiger partial charge in [-0.25, -0.2) is 8.42 Å². The second-order valence-corrected chi connectivity index (χ2v) is 9.67. The van der Waals surface area contributed by atoms with Gasteiger partial charge in [0, 0.05) is 0 Å². The van der Waals surface area contributed by atoms with Crippen molar-refractivity contribution in [3.63, 3.8) is 0 Å². The van der Waals surface area contributed by atoms with Crippen molar-refractivity contribution in [3.8, 4) is 5.75 Å². The average Bonchev–Trinajstić information content (AvgIpc) is 2.66. The van der Waals surface area contributed by atoms with Crippen LogP contribution in [0.2, 0.25) is 0 Å². The molecule has 0 unspecified atom stereocenters. The number of amides is 1. The Hall–Kier alpha value is -2.54. The molecule has 0 bridgehead atoms. The van der Waals surface area contributed by atoms with Gasteiger partial charge in [-0.05, 0) is 63.4 Å². The van der Waals surface area contributed by atoms with E-state index in [-0.39, 0.29) is 18.6 Å². The standard InChI is InChI=1S/C23H32N2O4S/c1-7-21(25(30(6,27)28)22-14-17(3)8-11-18(22)4)23(26)24-19(5)15-29-20-12-9-16(2)10-13-20/h8-14,19,21H,7,15H2,1-6H3,(H,24,26)/t19-,21-/m1/s1. The van der Waals surface area contributed by atoms with E-state index in [1.165, 1.54) is 4.31 Å². The number of anilines is 1. The Morgan fingerprint density at radius 1 is 1.07 bits per heavy atom. The lowest BCUT2D eigenvalue weighted by atomic mass is 10.1. The second kappa shape index (κ2) is 9.98. The highest BCUT2D eigenvalue weighted by Crippen LogP contribution is 2.27. The molecule has 0 aliphatic heterocycles. The summed E-state index contributed by atoms with van der Waals surface area (Å²) in [7, 11) is -3.67. The van der Waals surface area contributed by atoms with Gasteiger partial charge in [0.05, 0.1) is 18.0 Å². The number of hydrogen-bond donors (Lipinski definition) is 1. The maximum Gasteiger partial charge on any atom is 0.244 e. The van der Waals surface area contributed by atoms with Gasteiger partial charge in [-0.15, -0.1) is 0 Å². The normalized spacial score (nSPS) is 13.4. The van der Waals surface area contributed by atoms with Gasteiger partial charge >= 0.3 is 0 Å². The molecule has 0 aromatic heterocycles. The maximum absolute atomic E-state index is 13.0. The molecular weight excluding hydrogens is 400 g/mol. The van der Waals surface area contributed by atoms with Crippen LogP contribution in [0.5, 0.6) is 5.75 Å². The first-order chi connectivity index (χ1) is 14.0. The summed E-state index contributed by atoms with van der Waals surface area (Å²) in [5.41, 5.74) is 3.40. The summed E-state index contributed by atoms with van der Waals surface area (Å²) in [6, 6.07) is 12.1. The Morgan fingerprint density at radius 3 is 2.23 bits per heavy atom. The van der Waals surface area contributed by atoms with Crippen LogP contribution < -0.4 is 14.4 Å². The fourth-order valence-electron chi connectivity index (χ4n) is 3.23. The van der Waals surface area contributed by atoms with Crippen LogP contribution in [-0.4, -0.2) is 39.3 Å². The Bertz CT molecular complexity index is 971. The van der Waals surface area contributed by atoms with E-state index in [1.54, 1.807) is 13.0 Å². The largest absolute Gasteiger partial charge is 0.491 e. The SMILES string of the molecule is CC[C@H](C(=O)N[C@H](C)COc1ccc(C)cc1)N(c1cc(C)ccc1C)S(C)(=O)=O. The molecule has 0 saturated carbocycles. The van der Waals surface area contributed by atoms with Crippen LogP contribution >= 0.6 is 0 Å². The van der Waals surface area contributed by atoms with E-state index in [1.807, 2.05) is 64.1 Å². The first-order valence-corrected chi connectivity index (χ1v) is 11.9. The maximum atomic E-state index is 13.0. The first kappa shape index (κ1) is 23.7. The minimum absolute atomic E-state index is 0.284. The van der Waals surface area contributed by atoms with Crippen LogP contribution in [0.4, 0.5) is 5.69 Å². The zero-order valence-corrected chi connectivity index (χ0v) is 19.4. The molecule has 2 rings (SSSR count). The predicted molar refractivity (Wildman–Crippen MR) is 122 cm³/mol. The molecule has 0 aliphatic carbocycles. The number of nitrogens with zero attached hydrogens (tertiary/aromatic N) is 1. The van der Waals surface area contributed by atoms with E-state index in [0.717, 1.165) is 28.7 Å². The van der Waals surface area contributed by atoms with E-state index in [9.17, 15) is 13.2 Å². The fraction of sp³-hybridized carbons (Fsp3) is 0.435. The molecule has 0 aliphatic rings. The van der Waals surface area contributed by atoms with Gasteiger partial charge in [-0.3, -0.25) is 9.10 Å². The van der Waals surface area contributed by atoms with Gasteiger partial charge in [0.15, 0.2) is 0 Å². The third-order valence-electron chi connectivity index (χ3n) is 4.84. The molecule has 2 atom stereocenters. The molecule has 2 aromatic rings. The molecule has 6 nitrogen and oxygen atoms in total. The molecular formula is C23H32N2O4S. The van der Waals surface area contributed by atoms with Crippen LogP contribution in [0.25, 0.3) is 0 Å². The Balaban J connectivity index is 2.17. The third kappa shape index (κ3) is 6.23. The van der Waals surface area contributed by atoms with E-state index in [2.05, 4.69) is 5.32 Å². The molecule has 7 heteroatoms. The number of rotatable bonds is 9. The average molecular weight is 433 g/mol. The summed E-state index contributed by atoms with van der Waals surface area (Å²) in [6.07, 6.45) is 1.48. The number of ether oxygens (including phenoxy) is 1. The lowest BCUT2D eigenvalue weighted by Gasteiger charge is -2.32. The molecule has 30 heavy (non-hydrogen) atoms. The van der Waals surface area contributed by atoms with Gasteiger partial charge in [-0.1, -0.05) is 36.8 Å². The van der Waals surface area contributed by atoms with Crippen LogP contribution in [-0.2, 0) is 14.8 Å². The Kier molecular flexibility index (Phi) is 7.89. The molecule has 0 radical (unpaired) electrons. The molecule has 0 fully saturated rings. The number of carbonyl (C=O) groups excluding carboxylic acids is 1. The number of sulfonamides is 1. The number of aryl methyl sites for hydroxylation is 3. The summed E-state index contributed by atoms with van der Waals surface area (Å²) in [5.74, 6) is 0.380. The summed E-state index contributed by atoms with van der Waals surface area (Å²) < 4.78 is 32.3. The van der Waals surface area contributed by atoms with Crippen LogP contribution in [0, 0.1) is 20.8 Å². The van der Waals surface area contributed by atoms with Crippen molar-refractivity contribution in [2.75, 3.05) is 17.2 Å². The Morgan fingerprint density at radius 2 is 1.67 bits per heavy atom. The highest BCUT2D eigenvalue weighted by Gasteiger charge is 2.33. The number of nitrogens with one attached hydrogen (secondary N) is 1. The molecule has 0 spiro atoms. The highest BCUT2D eigenvalue weighted by molar-refractivity contribution is 7.92. The van der Waals surface area contributed by atoms with Gasteiger partial charge in [0.1, 0.15) is 18.4 Å². The van der Waals surface area contributed by atoms with Crippen LogP contribution in [0.1, 0.15) is 37.0 Å². The van der Waals surface area contributed by atoms with Gasteiger partial charge in [-0.2, -0.15) is 0 Å². The van der Waals surface area contributed by atoms with E-state index in [0.29, 0.717) is 12.1 Å². The van der Waals surface area contributed by atoms with E-state index in [4.69, 9.17) is 4.74 Å². The minimum Gasteiger partial charge on any atom is -0.491 e. The topological polar surface area (TPSA) is 75.7 Å². The van der Waals surface area contributed by atoms with Crippen molar-refractivity contribution in [2.24, 2.45) is 0 Å². The summed E-state index contributed by atoms with van der Waals surface area (Å²) in [4.78, 5) is 13.0. The molecule has 0 heterocycles. The smallest absolute Gasteiger partial charge is 0.244 e. The zero-order chi connectivity index (χ0) is 22.5. The number of hydrogen-bond acceptors (Lipinski definition) is 4.